The second-order valence-corrected chi connectivity index (χ2v) is 8.56. The predicted molar refractivity (Wildman–Crippen MR) is 96.1 cm³/mol. The Balaban J connectivity index is 1.82. The lowest BCUT2D eigenvalue weighted by Gasteiger charge is -2.13. The molecule has 1 aromatic carbocycles. The summed E-state index contributed by atoms with van der Waals surface area (Å²) in [5.74, 6) is 0.692. The lowest BCUT2D eigenvalue weighted by Crippen LogP contribution is -2.17. The van der Waals surface area contributed by atoms with Gasteiger partial charge in [-0.3, -0.25) is 4.79 Å². The van der Waals surface area contributed by atoms with Crippen LogP contribution in [0.2, 0.25) is 0 Å². The van der Waals surface area contributed by atoms with Crippen molar-refractivity contribution in [2.45, 2.75) is 31.4 Å². The number of aromatic nitrogens is 2. The highest BCUT2D eigenvalue weighted by Crippen LogP contribution is 2.38. The molecule has 1 heterocycles. The Kier molecular flexibility index (Phi) is 4.47. The van der Waals surface area contributed by atoms with E-state index in [1.54, 1.807) is 25.1 Å². The zero-order valence-corrected chi connectivity index (χ0v) is 14.9. The number of hydrogen-bond acceptors (Lipinski definition) is 6. The van der Waals surface area contributed by atoms with Crippen LogP contribution in [0.4, 0.5) is 11.5 Å². The third kappa shape index (κ3) is 4.14. The summed E-state index contributed by atoms with van der Waals surface area (Å²) in [4.78, 5) is 20.9. The van der Waals surface area contributed by atoms with Gasteiger partial charge in [0.1, 0.15) is 17.2 Å². The van der Waals surface area contributed by atoms with Crippen molar-refractivity contribution in [1.29, 1.82) is 0 Å². The van der Waals surface area contributed by atoms with Crippen molar-refractivity contribution >= 4 is 27.2 Å². The van der Waals surface area contributed by atoms with Crippen LogP contribution in [0.3, 0.4) is 0 Å². The van der Waals surface area contributed by atoms with Crippen LogP contribution in [0, 0.1) is 6.92 Å². The van der Waals surface area contributed by atoms with Gasteiger partial charge in [0.2, 0.25) is 0 Å². The summed E-state index contributed by atoms with van der Waals surface area (Å²) in [7, 11) is -3.16. The zero-order chi connectivity index (χ0) is 18.2. The van der Waals surface area contributed by atoms with Gasteiger partial charge in [0.15, 0.2) is 9.84 Å². The third-order valence-electron chi connectivity index (χ3n) is 4.14. The third-order valence-corrected chi connectivity index (χ3v) is 4.97. The molecular formula is C17H20N4O3S. The number of carbonyl (C=O) groups is 1. The predicted octanol–water partition coefficient (Wildman–Crippen LogP) is 2.04. The molecule has 1 saturated carbocycles. The van der Waals surface area contributed by atoms with Crippen LogP contribution in [0.1, 0.15) is 46.1 Å². The molecular weight excluding hydrogens is 340 g/mol. The zero-order valence-electron chi connectivity index (χ0n) is 14.1. The lowest BCUT2D eigenvalue weighted by atomic mass is 10.1. The molecule has 0 saturated heterocycles. The first kappa shape index (κ1) is 17.3. The molecule has 7 nitrogen and oxygen atoms in total. The van der Waals surface area contributed by atoms with Gasteiger partial charge >= 0.3 is 0 Å². The molecule has 1 aromatic heterocycles. The van der Waals surface area contributed by atoms with Crippen LogP contribution in [0.15, 0.2) is 24.4 Å². The number of nitrogens with one attached hydrogen (secondary N) is 1. The molecule has 3 N–H and O–H groups in total. The Morgan fingerprint density at radius 1 is 1.36 bits per heavy atom. The van der Waals surface area contributed by atoms with Crippen molar-refractivity contribution < 1.29 is 13.2 Å². The fraction of sp³-hybridized carbons (Fsp3) is 0.353. The molecule has 132 valence electrons. The van der Waals surface area contributed by atoms with E-state index in [1.807, 2.05) is 0 Å². The van der Waals surface area contributed by atoms with E-state index >= 15 is 0 Å². The van der Waals surface area contributed by atoms with Crippen LogP contribution in [-0.4, -0.2) is 30.5 Å². The topological polar surface area (TPSA) is 115 Å². The number of carbonyl (C=O) groups excluding carboxylic acids is 1. The van der Waals surface area contributed by atoms with Gasteiger partial charge in [-0.1, -0.05) is 12.1 Å². The second kappa shape index (κ2) is 6.44. The van der Waals surface area contributed by atoms with Crippen molar-refractivity contribution in [3.63, 3.8) is 0 Å². The molecule has 0 bridgehead atoms. The minimum atomic E-state index is -3.16. The number of benzene rings is 1. The van der Waals surface area contributed by atoms with Gasteiger partial charge in [-0.2, -0.15) is 0 Å². The number of rotatable bonds is 5. The van der Waals surface area contributed by atoms with Gasteiger partial charge in [-0.15, -0.1) is 0 Å². The molecule has 8 heteroatoms. The monoisotopic (exact) mass is 360 g/mol. The van der Waals surface area contributed by atoms with Gasteiger partial charge in [0, 0.05) is 24.1 Å². The first-order chi connectivity index (χ1) is 11.7. The summed E-state index contributed by atoms with van der Waals surface area (Å²) < 4.78 is 23.0. The van der Waals surface area contributed by atoms with Crippen LogP contribution >= 0.6 is 0 Å². The number of nitrogen functional groups attached to an aromatic ring is 1. The molecule has 0 spiro atoms. The van der Waals surface area contributed by atoms with E-state index in [0.717, 1.165) is 12.8 Å². The van der Waals surface area contributed by atoms with E-state index in [4.69, 9.17) is 5.73 Å². The Hall–Kier alpha value is -2.48. The molecule has 25 heavy (non-hydrogen) atoms. The maximum Gasteiger partial charge on any atom is 0.260 e. The Labute approximate surface area is 146 Å². The number of nitrogens with zero attached hydrogens (tertiary/aromatic N) is 2. The average Bonchev–Trinajstić information content (AvgIpc) is 3.34. The molecule has 0 aliphatic heterocycles. The van der Waals surface area contributed by atoms with Gasteiger partial charge in [-0.25, -0.2) is 18.4 Å². The minimum Gasteiger partial charge on any atom is -0.383 e. The summed E-state index contributed by atoms with van der Waals surface area (Å²) in [6, 6.07) is 5.15. The van der Waals surface area contributed by atoms with E-state index in [-0.39, 0.29) is 17.1 Å². The number of hydrogen-bond donors (Lipinski definition) is 2. The van der Waals surface area contributed by atoms with Crippen LogP contribution in [0.25, 0.3) is 0 Å². The number of nitrogens with two attached hydrogens (primary N) is 1. The molecule has 3 rings (SSSR count). The minimum absolute atomic E-state index is 0.0795. The maximum absolute atomic E-state index is 12.5. The highest BCUT2D eigenvalue weighted by Gasteiger charge is 2.27. The summed E-state index contributed by atoms with van der Waals surface area (Å²) in [5.41, 5.74) is 8.00. The van der Waals surface area contributed by atoms with E-state index in [1.165, 1.54) is 12.5 Å². The molecule has 2 aromatic rings. The molecule has 1 amide bonds. The van der Waals surface area contributed by atoms with Crippen molar-refractivity contribution in [2.24, 2.45) is 0 Å². The normalized spacial score (nSPS) is 14.3. The molecule has 1 aliphatic rings. The maximum atomic E-state index is 12.5. The average molecular weight is 360 g/mol. The first-order valence-corrected chi connectivity index (χ1v) is 10.0. The second-order valence-electron chi connectivity index (χ2n) is 6.42. The highest BCUT2D eigenvalue weighted by molar-refractivity contribution is 7.89. The Morgan fingerprint density at radius 2 is 2.08 bits per heavy atom. The standard InChI is InChI=1S/C17H20N4O3S/c1-10-12(9-25(2,23)24)4-3-5-14(10)20-17(22)13-8-19-16(11-6-7-11)21-15(13)18/h3-5,8,11H,6-7,9H2,1-2H3,(H,20,22)(H2,18,19,21). The van der Waals surface area contributed by atoms with Crippen LogP contribution in [-0.2, 0) is 15.6 Å². The molecule has 0 atom stereocenters. The van der Waals surface area contributed by atoms with Crippen molar-refractivity contribution in [2.75, 3.05) is 17.3 Å². The molecule has 0 radical (unpaired) electrons. The van der Waals surface area contributed by atoms with E-state index in [9.17, 15) is 13.2 Å². The summed E-state index contributed by atoms with van der Waals surface area (Å²) in [6.45, 7) is 1.77. The Bertz CT molecular complexity index is 937. The fourth-order valence-corrected chi connectivity index (χ4v) is 3.45. The van der Waals surface area contributed by atoms with Crippen LogP contribution < -0.4 is 11.1 Å². The first-order valence-electron chi connectivity index (χ1n) is 7.94. The summed E-state index contributed by atoms with van der Waals surface area (Å²) in [5, 5.41) is 2.76. The molecule has 1 fully saturated rings. The highest BCUT2D eigenvalue weighted by atomic mass is 32.2. The van der Waals surface area contributed by atoms with Gasteiger partial charge in [0.25, 0.3) is 5.91 Å². The van der Waals surface area contributed by atoms with Gasteiger partial charge in [0.05, 0.1) is 5.75 Å². The number of sulfone groups is 1. The number of amides is 1. The van der Waals surface area contributed by atoms with Gasteiger partial charge < -0.3 is 11.1 Å². The lowest BCUT2D eigenvalue weighted by molar-refractivity contribution is 0.102. The quantitative estimate of drug-likeness (QED) is 0.843. The summed E-state index contributed by atoms with van der Waals surface area (Å²) >= 11 is 0. The number of anilines is 2. The van der Waals surface area contributed by atoms with E-state index in [2.05, 4.69) is 15.3 Å². The van der Waals surface area contributed by atoms with E-state index in [0.29, 0.717) is 28.6 Å². The van der Waals surface area contributed by atoms with Crippen LogP contribution in [0.5, 0.6) is 0 Å². The van der Waals surface area contributed by atoms with Crippen molar-refractivity contribution in [1.82, 2.24) is 9.97 Å². The SMILES string of the molecule is Cc1c(CS(C)(=O)=O)cccc1NC(=O)c1cnc(C2CC2)nc1N. The van der Waals surface area contributed by atoms with Crippen molar-refractivity contribution in [3.8, 4) is 0 Å². The van der Waals surface area contributed by atoms with E-state index < -0.39 is 15.7 Å². The Morgan fingerprint density at radius 3 is 2.68 bits per heavy atom. The van der Waals surface area contributed by atoms with Gasteiger partial charge in [-0.05, 0) is 37.0 Å². The fourth-order valence-electron chi connectivity index (χ4n) is 2.57. The smallest absolute Gasteiger partial charge is 0.260 e. The largest absolute Gasteiger partial charge is 0.383 e. The molecule has 0 unspecified atom stereocenters. The van der Waals surface area contributed by atoms with Crippen molar-refractivity contribution in [3.05, 3.63) is 46.9 Å². The summed E-state index contributed by atoms with van der Waals surface area (Å²) in [6.07, 6.45) is 4.73. The molecule has 1 aliphatic carbocycles.